The van der Waals surface area contributed by atoms with Gasteiger partial charge in [-0.05, 0) is 26.0 Å². The zero-order valence-electron chi connectivity index (χ0n) is 15.6. The highest BCUT2D eigenvalue weighted by molar-refractivity contribution is 7.09. The number of nitrogens with one attached hydrogen (secondary N) is 1. The number of aryl methyl sites for hydroxylation is 1. The molecule has 1 unspecified atom stereocenters. The minimum absolute atomic E-state index is 0.0492. The molecule has 3 aromatic rings. The van der Waals surface area contributed by atoms with Crippen molar-refractivity contribution in [2.75, 3.05) is 12.4 Å². The molecule has 28 heavy (non-hydrogen) atoms. The smallest absolute Gasteiger partial charge is 0.261 e. The highest BCUT2D eigenvalue weighted by Crippen LogP contribution is 2.28. The van der Waals surface area contributed by atoms with E-state index in [-0.39, 0.29) is 18.1 Å². The Kier molecular flexibility index (Phi) is 5.98. The Bertz CT molecular complexity index is 1010. The van der Waals surface area contributed by atoms with Gasteiger partial charge < -0.3 is 14.3 Å². The van der Waals surface area contributed by atoms with E-state index >= 15 is 0 Å². The summed E-state index contributed by atoms with van der Waals surface area (Å²) in [5.74, 6) is 0.879. The first-order chi connectivity index (χ1) is 13.4. The number of benzene rings is 1. The zero-order valence-corrected chi connectivity index (χ0v) is 16.4. The van der Waals surface area contributed by atoms with Crippen LogP contribution in [0.25, 0.3) is 11.3 Å². The Balaban J connectivity index is 1.79. The molecule has 2 N–H and O–H groups in total. The SMILES string of the molecule is COC(O)c1cccc(-c2cc(C(=O)Nc3nc(CC(C)=O)ns3)c(C)o2)c1. The number of anilines is 1. The van der Waals surface area contributed by atoms with Gasteiger partial charge >= 0.3 is 0 Å². The molecule has 0 radical (unpaired) electrons. The molecule has 0 aliphatic rings. The summed E-state index contributed by atoms with van der Waals surface area (Å²) in [4.78, 5) is 27.8. The summed E-state index contributed by atoms with van der Waals surface area (Å²) in [6.45, 7) is 3.14. The van der Waals surface area contributed by atoms with E-state index in [2.05, 4.69) is 14.7 Å². The average Bonchev–Trinajstić information content (AvgIpc) is 3.27. The van der Waals surface area contributed by atoms with Crippen molar-refractivity contribution in [2.24, 2.45) is 0 Å². The third kappa shape index (κ3) is 4.50. The zero-order chi connectivity index (χ0) is 20.3. The molecule has 0 fully saturated rings. The maximum absolute atomic E-state index is 12.6. The molecule has 146 valence electrons. The summed E-state index contributed by atoms with van der Waals surface area (Å²) >= 11 is 1.01. The Morgan fingerprint density at radius 2 is 2.14 bits per heavy atom. The van der Waals surface area contributed by atoms with E-state index in [1.807, 2.05) is 6.07 Å². The molecular weight excluding hydrogens is 382 g/mol. The highest BCUT2D eigenvalue weighted by atomic mass is 32.1. The van der Waals surface area contributed by atoms with E-state index in [0.717, 1.165) is 11.5 Å². The van der Waals surface area contributed by atoms with Crippen LogP contribution in [0, 0.1) is 6.92 Å². The minimum atomic E-state index is -1.04. The van der Waals surface area contributed by atoms with Crippen LogP contribution in [-0.4, -0.2) is 33.3 Å². The van der Waals surface area contributed by atoms with Crippen molar-refractivity contribution in [1.29, 1.82) is 0 Å². The number of ketones is 1. The van der Waals surface area contributed by atoms with Gasteiger partial charge in [0.05, 0.1) is 12.0 Å². The number of aliphatic hydroxyl groups is 1. The van der Waals surface area contributed by atoms with Gasteiger partial charge in [-0.25, -0.2) is 4.98 Å². The van der Waals surface area contributed by atoms with Gasteiger partial charge in [0.25, 0.3) is 5.91 Å². The van der Waals surface area contributed by atoms with Gasteiger partial charge in [0.2, 0.25) is 5.13 Å². The van der Waals surface area contributed by atoms with Gasteiger partial charge in [-0.3, -0.25) is 14.9 Å². The lowest BCUT2D eigenvalue weighted by Gasteiger charge is -2.09. The second kappa shape index (κ2) is 8.42. The number of amides is 1. The number of aliphatic hydroxyl groups excluding tert-OH is 1. The van der Waals surface area contributed by atoms with E-state index in [9.17, 15) is 14.7 Å². The van der Waals surface area contributed by atoms with Crippen LogP contribution >= 0.6 is 11.5 Å². The van der Waals surface area contributed by atoms with E-state index in [0.29, 0.717) is 39.2 Å². The van der Waals surface area contributed by atoms with Crippen molar-refractivity contribution >= 4 is 28.4 Å². The number of ether oxygens (including phenoxy) is 1. The van der Waals surface area contributed by atoms with Gasteiger partial charge in [0.15, 0.2) is 12.1 Å². The third-order valence-corrected chi connectivity index (χ3v) is 4.61. The first kappa shape index (κ1) is 19.9. The van der Waals surface area contributed by atoms with Crippen molar-refractivity contribution in [3.63, 3.8) is 0 Å². The fraction of sp³-hybridized carbons (Fsp3) is 0.263. The summed E-state index contributed by atoms with van der Waals surface area (Å²) in [7, 11) is 1.41. The summed E-state index contributed by atoms with van der Waals surface area (Å²) in [5.41, 5.74) is 1.64. The normalized spacial score (nSPS) is 12.0. The van der Waals surface area contributed by atoms with Gasteiger partial charge in [-0.1, -0.05) is 18.2 Å². The number of furan rings is 1. The lowest BCUT2D eigenvalue weighted by molar-refractivity contribution is -0.116. The maximum atomic E-state index is 12.6. The second-order valence-corrected chi connectivity index (χ2v) is 6.89. The fourth-order valence-electron chi connectivity index (χ4n) is 2.60. The van der Waals surface area contributed by atoms with Crippen LogP contribution < -0.4 is 5.32 Å². The molecule has 2 aromatic heterocycles. The summed E-state index contributed by atoms with van der Waals surface area (Å²) in [6, 6.07) is 8.66. The number of hydrogen-bond acceptors (Lipinski definition) is 8. The minimum Gasteiger partial charge on any atom is -0.461 e. The van der Waals surface area contributed by atoms with E-state index in [1.165, 1.54) is 14.0 Å². The predicted octanol–water partition coefficient (Wildman–Crippen LogP) is 3.13. The maximum Gasteiger partial charge on any atom is 0.261 e. The quantitative estimate of drug-likeness (QED) is 0.585. The van der Waals surface area contributed by atoms with Crippen LogP contribution in [0.15, 0.2) is 34.7 Å². The first-order valence-electron chi connectivity index (χ1n) is 8.42. The number of hydrogen-bond donors (Lipinski definition) is 2. The standard InChI is InChI=1S/C19H19N3O5S/c1-10(23)7-16-20-19(28-22-16)21-17(24)14-9-15(27-11(14)2)12-5-4-6-13(8-12)18(25)26-3/h4-6,8-9,18,25H,7H2,1-3H3,(H,20,21,22,24). The predicted molar refractivity (Wildman–Crippen MR) is 103 cm³/mol. The summed E-state index contributed by atoms with van der Waals surface area (Å²) in [6.07, 6.45) is -0.911. The number of rotatable bonds is 7. The second-order valence-electron chi connectivity index (χ2n) is 6.14. The topological polar surface area (TPSA) is 115 Å². The highest BCUT2D eigenvalue weighted by Gasteiger charge is 2.18. The van der Waals surface area contributed by atoms with Crippen molar-refractivity contribution in [2.45, 2.75) is 26.6 Å². The largest absolute Gasteiger partial charge is 0.461 e. The van der Waals surface area contributed by atoms with Crippen molar-refractivity contribution < 1.29 is 23.8 Å². The summed E-state index contributed by atoms with van der Waals surface area (Å²) < 4.78 is 14.7. The number of methoxy groups -OCH3 is 1. The van der Waals surface area contributed by atoms with E-state index in [1.54, 1.807) is 31.2 Å². The average molecular weight is 401 g/mol. The lowest BCUT2D eigenvalue weighted by atomic mass is 10.1. The van der Waals surface area contributed by atoms with Crippen molar-refractivity contribution in [3.05, 3.63) is 53.0 Å². The molecule has 0 saturated heterocycles. The molecule has 9 heteroatoms. The molecule has 0 aliphatic carbocycles. The van der Waals surface area contributed by atoms with Crippen molar-refractivity contribution in [1.82, 2.24) is 9.36 Å². The Morgan fingerprint density at radius 1 is 1.36 bits per heavy atom. The van der Waals surface area contributed by atoms with Crippen LogP contribution in [0.5, 0.6) is 0 Å². The molecule has 8 nitrogen and oxygen atoms in total. The molecule has 0 spiro atoms. The van der Waals surface area contributed by atoms with Crippen LogP contribution in [0.3, 0.4) is 0 Å². The Labute approximate surface area is 165 Å². The molecule has 0 aliphatic heterocycles. The molecule has 2 heterocycles. The number of Topliss-reactive ketones (excluding diaryl/α,β-unsaturated/α-hetero) is 1. The van der Waals surface area contributed by atoms with E-state index < -0.39 is 6.29 Å². The molecule has 1 aromatic carbocycles. The molecule has 1 amide bonds. The fourth-order valence-corrected chi connectivity index (χ4v) is 3.18. The number of carbonyl (C=O) groups excluding carboxylic acids is 2. The van der Waals surface area contributed by atoms with Crippen molar-refractivity contribution in [3.8, 4) is 11.3 Å². The number of carbonyl (C=O) groups is 2. The van der Waals surface area contributed by atoms with Gasteiger partial charge in [0, 0.05) is 29.8 Å². The van der Waals surface area contributed by atoms with Crippen LogP contribution in [0.1, 0.15) is 40.7 Å². The lowest BCUT2D eigenvalue weighted by Crippen LogP contribution is -2.12. The number of aromatic nitrogens is 2. The Hall–Kier alpha value is -2.88. The van der Waals surface area contributed by atoms with Crippen LogP contribution in [-0.2, 0) is 16.0 Å². The Morgan fingerprint density at radius 3 is 2.86 bits per heavy atom. The van der Waals surface area contributed by atoms with Crippen LogP contribution in [0.4, 0.5) is 5.13 Å². The monoisotopic (exact) mass is 401 g/mol. The third-order valence-electron chi connectivity index (χ3n) is 3.94. The van der Waals surface area contributed by atoms with E-state index in [4.69, 9.17) is 9.15 Å². The molecule has 0 saturated carbocycles. The molecule has 1 atom stereocenters. The van der Waals surface area contributed by atoms with Gasteiger partial charge in [-0.15, -0.1) is 0 Å². The number of nitrogens with zero attached hydrogens (tertiary/aromatic N) is 2. The molecular formula is C19H19N3O5S. The van der Waals surface area contributed by atoms with Gasteiger partial charge in [-0.2, -0.15) is 4.37 Å². The first-order valence-corrected chi connectivity index (χ1v) is 9.19. The molecule has 0 bridgehead atoms. The molecule has 3 rings (SSSR count). The van der Waals surface area contributed by atoms with Gasteiger partial charge in [0.1, 0.15) is 17.3 Å². The van der Waals surface area contributed by atoms with Crippen LogP contribution in [0.2, 0.25) is 0 Å². The summed E-state index contributed by atoms with van der Waals surface area (Å²) in [5, 5.41) is 12.8.